The third kappa shape index (κ3) is 3.63. The van der Waals surface area contributed by atoms with E-state index < -0.39 is 4.92 Å². The number of aryl methyl sites for hydroxylation is 1. The quantitative estimate of drug-likeness (QED) is 0.598. The normalized spacial score (nSPS) is 10.4. The number of thiazole rings is 1. The van der Waals surface area contributed by atoms with Crippen LogP contribution >= 0.6 is 11.3 Å². The van der Waals surface area contributed by atoms with Crippen molar-refractivity contribution in [2.75, 3.05) is 17.2 Å². The van der Waals surface area contributed by atoms with Crippen molar-refractivity contribution in [2.24, 2.45) is 0 Å². The molecule has 0 amide bonds. The predicted molar refractivity (Wildman–Crippen MR) is 81.6 cm³/mol. The van der Waals surface area contributed by atoms with Gasteiger partial charge in [0.2, 0.25) is 11.6 Å². The van der Waals surface area contributed by atoms with Crippen LogP contribution in [0.2, 0.25) is 0 Å². The Balaban J connectivity index is 2.21. The molecule has 0 spiro atoms. The van der Waals surface area contributed by atoms with Crippen LogP contribution in [0.25, 0.3) is 0 Å². The van der Waals surface area contributed by atoms with Gasteiger partial charge in [-0.05, 0) is 13.3 Å². The van der Waals surface area contributed by atoms with Crippen LogP contribution in [0.1, 0.15) is 23.9 Å². The van der Waals surface area contributed by atoms with Crippen LogP contribution in [0.15, 0.2) is 11.8 Å². The van der Waals surface area contributed by atoms with E-state index in [2.05, 4.69) is 25.6 Å². The van der Waals surface area contributed by atoms with Gasteiger partial charge in [-0.15, -0.1) is 11.3 Å². The number of anilines is 2. The van der Waals surface area contributed by atoms with Gasteiger partial charge in [-0.2, -0.15) is 0 Å². The zero-order valence-electron chi connectivity index (χ0n) is 11.8. The molecule has 0 saturated carbocycles. The van der Waals surface area contributed by atoms with E-state index in [1.165, 1.54) is 17.7 Å². The molecule has 0 aliphatic heterocycles. The molecular formula is C12H16N6O2S. The number of hydrogen-bond donors (Lipinski definition) is 2. The van der Waals surface area contributed by atoms with Gasteiger partial charge in [0, 0.05) is 11.4 Å². The Morgan fingerprint density at radius 3 is 2.57 bits per heavy atom. The summed E-state index contributed by atoms with van der Waals surface area (Å²) in [4.78, 5) is 23.9. The molecule has 2 N–H and O–H groups in total. The lowest BCUT2D eigenvalue weighted by molar-refractivity contribution is -0.383. The van der Waals surface area contributed by atoms with Crippen molar-refractivity contribution in [3.8, 4) is 0 Å². The van der Waals surface area contributed by atoms with Gasteiger partial charge < -0.3 is 10.6 Å². The molecule has 9 heteroatoms. The van der Waals surface area contributed by atoms with Crippen molar-refractivity contribution in [2.45, 2.75) is 26.8 Å². The third-order valence-electron chi connectivity index (χ3n) is 2.81. The van der Waals surface area contributed by atoms with Gasteiger partial charge in [-0.1, -0.05) is 6.92 Å². The monoisotopic (exact) mass is 308 g/mol. The average molecular weight is 308 g/mol. The molecule has 0 saturated heterocycles. The van der Waals surface area contributed by atoms with E-state index in [9.17, 15) is 10.1 Å². The average Bonchev–Trinajstić information content (AvgIpc) is 2.87. The van der Waals surface area contributed by atoms with E-state index in [4.69, 9.17) is 0 Å². The number of hydrogen-bond acceptors (Lipinski definition) is 8. The highest BCUT2D eigenvalue weighted by atomic mass is 32.1. The molecule has 2 rings (SSSR count). The van der Waals surface area contributed by atoms with Gasteiger partial charge in [-0.3, -0.25) is 10.1 Å². The Bertz CT molecular complexity index is 630. The summed E-state index contributed by atoms with van der Waals surface area (Å²) in [6.45, 7) is 4.94. The number of rotatable bonds is 7. The second-order valence-corrected chi connectivity index (χ2v) is 5.26. The lowest BCUT2D eigenvalue weighted by Crippen LogP contribution is -2.10. The Kier molecular flexibility index (Phi) is 4.99. The van der Waals surface area contributed by atoms with Gasteiger partial charge in [0.05, 0.1) is 22.7 Å². The summed E-state index contributed by atoms with van der Waals surface area (Å²) in [5.41, 5.74) is 2.52. The molecule has 0 fully saturated rings. The molecule has 2 aromatic rings. The maximum absolute atomic E-state index is 11.3. The first-order chi connectivity index (χ1) is 10.1. The summed E-state index contributed by atoms with van der Waals surface area (Å²) in [5.74, 6) is 0.446. The minimum absolute atomic E-state index is 0.131. The van der Waals surface area contributed by atoms with Crippen LogP contribution in [0.5, 0.6) is 0 Å². The molecule has 0 bridgehead atoms. The maximum Gasteiger partial charge on any atom is 0.353 e. The van der Waals surface area contributed by atoms with Crippen molar-refractivity contribution < 1.29 is 4.92 Å². The molecule has 0 atom stereocenters. The summed E-state index contributed by atoms with van der Waals surface area (Å²) in [5, 5.41) is 17.2. The molecular weight excluding hydrogens is 292 g/mol. The molecule has 0 aromatic carbocycles. The SMILES string of the molecule is CCCNc1ncnc(NCc2scnc2C)c1[N+](=O)[O-]. The molecule has 21 heavy (non-hydrogen) atoms. The molecule has 0 aliphatic carbocycles. The standard InChI is InChI=1S/C12H16N6O2S/c1-3-4-13-11-10(18(19)20)12(16-6-15-11)14-5-9-8(2)17-7-21-9/h6-7H,3-5H2,1-2H3,(H2,13,14,15,16). The molecule has 0 aliphatic rings. The van der Waals surface area contributed by atoms with Gasteiger partial charge in [-0.25, -0.2) is 15.0 Å². The van der Waals surface area contributed by atoms with Crippen molar-refractivity contribution >= 4 is 28.7 Å². The van der Waals surface area contributed by atoms with Crippen molar-refractivity contribution in [1.82, 2.24) is 15.0 Å². The van der Waals surface area contributed by atoms with E-state index >= 15 is 0 Å². The van der Waals surface area contributed by atoms with Crippen molar-refractivity contribution in [1.29, 1.82) is 0 Å². The van der Waals surface area contributed by atoms with Gasteiger partial charge in [0.25, 0.3) is 0 Å². The Morgan fingerprint density at radius 1 is 1.29 bits per heavy atom. The number of nitro groups is 1. The van der Waals surface area contributed by atoms with E-state index in [1.54, 1.807) is 5.51 Å². The highest BCUT2D eigenvalue weighted by molar-refractivity contribution is 7.09. The van der Waals surface area contributed by atoms with Crippen molar-refractivity contribution in [3.05, 3.63) is 32.5 Å². The number of aromatic nitrogens is 3. The Morgan fingerprint density at radius 2 is 2.00 bits per heavy atom. The van der Waals surface area contributed by atoms with E-state index in [0.717, 1.165) is 17.0 Å². The second-order valence-electron chi connectivity index (χ2n) is 4.32. The van der Waals surface area contributed by atoms with Gasteiger partial charge >= 0.3 is 5.69 Å². The summed E-state index contributed by atoms with van der Waals surface area (Å²) in [6, 6.07) is 0. The lowest BCUT2D eigenvalue weighted by Gasteiger charge is -2.09. The summed E-state index contributed by atoms with van der Waals surface area (Å²) >= 11 is 1.50. The first-order valence-corrected chi connectivity index (χ1v) is 7.37. The van der Waals surface area contributed by atoms with Crippen LogP contribution in [-0.4, -0.2) is 26.4 Å². The summed E-state index contributed by atoms with van der Waals surface area (Å²) in [6.07, 6.45) is 2.16. The fraction of sp³-hybridized carbons (Fsp3) is 0.417. The highest BCUT2D eigenvalue weighted by Crippen LogP contribution is 2.29. The Labute approximate surface area is 125 Å². The summed E-state index contributed by atoms with van der Waals surface area (Å²) in [7, 11) is 0. The summed E-state index contributed by atoms with van der Waals surface area (Å²) < 4.78 is 0. The van der Waals surface area contributed by atoms with E-state index in [1.807, 2.05) is 13.8 Å². The molecule has 2 heterocycles. The predicted octanol–water partition coefficient (Wildman–Crippen LogP) is 2.58. The van der Waals surface area contributed by atoms with Crippen LogP contribution in [0.3, 0.4) is 0 Å². The lowest BCUT2D eigenvalue weighted by atomic mass is 10.3. The van der Waals surface area contributed by atoms with E-state index in [-0.39, 0.29) is 17.3 Å². The second kappa shape index (κ2) is 6.93. The molecule has 8 nitrogen and oxygen atoms in total. The van der Waals surface area contributed by atoms with Crippen LogP contribution in [0, 0.1) is 17.0 Å². The first kappa shape index (κ1) is 15.1. The zero-order chi connectivity index (χ0) is 15.2. The molecule has 0 radical (unpaired) electrons. The minimum atomic E-state index is -0.472. The van der Waals surface area contributed by atoms with E-state index in [0.29, 0.717) is 13.1 Å². The van der Waals surface area contributed by atoms with Gasteiger partial charge in [0.15, 0.2) is 0 Å². The number of nitrogens with zero attached hydrogens (tertiary/aromatic N) is 4. The third-order valence-corrected chi connectivity index (χ3v) is 3.74. The number of nitrogens with one attached hydrogen (secondary N) is 2. The largest absolute Gasteiger partial charge is 0.364 e. The van der Waals surface area contributed by atoms with Crippen LogP contribution in [-0.2, 0) is 6.54 Å². The fourth-order valence-corrected chi connectivity index (χ4v) is 2.43. The maximum atomic E-state index is 11.3. The molecule has 0 unspecified atom stereocenters. The Hall–Kier alpha value is -2.29. The van der Waals surface area contributed by atoms with Gasteiger partial charge in [0.1, 0.15) is 6.33 Å². The van der Waals surface area contributed by atoms with Crippen molar-refractivity contribution in [3.63, 3.8) is 0 Å². The van der Waals surface area contributed by atoms with Crippen LogP contribution in [0.4, 0.5) is 17.3 Å². The zero-order valence-corrected chi connectivity index (χ0v) is 12.6. The first-order valence-electron chi connectivity index (χ1n) is 6.49. The molecule has 2 aromatic heterocycles. The highest BCUT2D eigenvalue weighted by Gasteiger charge is 2.22. The smallest absolute Gasteiger partial charge is 0.353 e. The molecule has 112 valence electrons. The topological polar surface area (TPSA) is 106 Å². The minimum Gasteiger partial charge on any atom is -0.364 e. The fourth-order valence-electron chi connectivity index (χ4n) is 1.71. The van der Waals surface area contributed by atoms with Crippen LogP contribution < -0.4 is 10.6 Å².